The maximum Gasteiger partial charge on any atom is 0.308 e. The first-order chi connectivity index (χ1) is 8.68. The second-order valence-electron chi connectivity index (χ2n) is 4.44. The Morgan fingerprint density at radius 2 is 2.06 bits per heavy atom. The van der Waals surface area contributed by atoms with Crippen molar-refractivity contribution in [3.8, 4) is 0 Å². The molecule has 1 aromatic rings. The van der Waals surface area contributed by atoms with E-state index >= 15 is 0 Å². The first-order valence-electron chi connectivity index (χ1n) is 5.99. The van der Waals surface area contributed by atoms with Crippen LogP contribution < -0.4 is 5.32 Å². The van der Waals surface area contributed by atoms with E-state index in [4.69, 9.17) is 5.11 Å². The molecular weight excluding hydrogens is 234 g/mol. The predicted octanol–water partition coefficient (Wildman–Crippen LogP) is 0.850. The molecule has 2 N–H and O–H groups in total. The van der Waals surface area contributed by atoms with Gasteiger partial charge < -0.3 is 10.4 Å². The zero-order valence-electron chi connectivity index (χ0n) is 9.87. The summed E-state index contributed by atoms with van der Waals surface area (Å²) in [5.41, 5.74) is 0.403. The molecule has 96 valence electrons. The molecule has 2 atom stereocenters. The minimum atomic E-state index is -0.840. The van der Waals surface area contributed by atoms with Gasteiger partial charge in [0.15, 0.2) is 0 Å². The normalized spacial score (nSPS) is 23.3. The van der Waals surface area contributed by atoms with Gasteiger partial charge in [-0.05, 0) is 18.9 Å². The molecule has 0 bridgehead atoms. The van der Waals surface area contributed by atoms with Crippen molar-refractivity contribution in [1.82, 2.24) is 15.5 Å². The Kier molecular flexibility index (Phi) is 3.86. The smallest absolute Gasteiger partial charge is 0.308 e. The highest BCUT2D eigenvalue weighted by molar-refractivity contribution is 5.94. The highest BCUT2D eigenvalue weighted by atomic mass is 16.4. The summed E-state index contributed by atoms with van der Waals surface area (Å²) in [6, 6.07) is 1.26. The number of hydrogen-bond acceptors (Lipinski definition) is 4. The van der Waals surface area contributed by atoms with E-state index in [2.05, 4.69) is 15.5 Å². The lowest BCUT2D eigenvalue weighted by Gasteiger charge is -2.29. The summed E-state index contributed by atoms with van der Waals surface area (Å²) in [4.78, 5) is 23.0. The SMILES string of the molecule is O=C(NC1CCCCC1C(=O)O)c1ccnnc1. The molecule has 1 aromatic heterocycles. The van der Waals surface area contributed by atoms with Crippen LogP contribution in [0.25, 0.3) is 0 Å². The molecule has 1 aliphatic carbocycles. The summed E-state index contributed by atoms with van der Waals surface area (Å²) in [6.45, 7) is 0. The van der Waals surface area contributed by atoms with Crippen molar-refractivity contribution in [2.24, 2.45) is 5.92 Å². The van der Waals surface area contributed by atoms with E-state index in [-0.39, 0.29) is 11.9 Å². The lowest BCUT2D eigenvalue weighted by molar-refractivity contribution is -0.143. The average Bonchev–Trinajstić information content (AvgIpc) is 2.40. The largest absolute Gasteiger partial charge is 0.481 e. The summed E-state index contributed by atoms with van der Waals surface area (Å²) in [5.74, 6) is -1.62. The minimum absolute atomic E-state index is 0.289. The van der Waals surface area contributed by atoms with Crippen molar-refractivity contribution in [3.05, 3.63) is 24.0 Å². The highest BCUT2D eigenvalue weighted by Crippen LogP contribution is 2.24. The van der Waals surface area contributed by atoms with Crippen LogP contribution in [0.4, 0.5) is 0 Å². The maximum atomic E-state index is 11.9. The zero-order chi connectivity index (χ0) is 13.0. The van der Waals surface area contributed by atoms with Crippen molar-refractivity contribution in [2.45, 2.75) is 31.7 Å². The number of hydrogen-bond donors (Lipinski definition) is 2. The van der Waals surface area contributed by atoms with E-state index in [0.29, 0.717) is 18.4 Å². The molecule has 6 heteroatoms. The van der Waals surface area contributed by atoms with E-state index in [1.807, 2.05) is 0 Å². The number of nitrogens with one attached hydrogen (secondary N) is 1. The second-order valence-corrected chi connectivity index (χ2v) is 4.44. The topological polar surface area (TPSA) is 92.2 Å². The van der Waals surface area contributed by atoms with Crippen LogP contribution in [0.5, 0.6) is 0 Å². The van der Waals surface area contributed by atoms with Gasteiger partial charge in [0, 0.05) is 6.04 Å². The fraction of sp³-hybridized carbons (Fsp3) is 0.500. The van der Waals surface area contributed by atoms with Crippen molar-refractivity contribution in [1.29, 1.82) is 0 Å². The van der Waals surface area contributed by atoms with Crippen LogP contribution in [0.2, 0.25) is 0 Å². The fourth-order valence-corrected chi connectivity index (χ4v) is 2.28. The van der Waals surface area contributed by atoms with Crippen molar-refractivity contribution in [2.75, 3.05) is 0 Å². The van der Waals surface area contributed by atoms with Crippen LogP contribution in [0.15, 0.2) is 18.5 Å². The van der Waals surface area contributed by atoms with Gasteiger partial charge in [-0.1, -0.05) is 12.8 Å². The van der Waals surface area contributed by atoms with Gasteiger partial charge in [-0.2, -0.15) is 10.2 Å². The molecule has 1 fully saturated rings. The van der Waals surface area contributed by atoms with E-state index < -0.39 is 11.9 Å². The van der Waals surface area contributed by atoms with Gasteiger partial charge in [0.2, 0.25) is 0 Å². The van der Waals surface area contributed by atoms with Crippen molar-refractivity contribution >= 4 is 11.9 Å². The third kappa shape index (κ3) is 2.82. The maximum absolute atomic E-state index is 11.9. The Morgan fingerprint density at radius 1 is 1.28 bits per heavy atom. The summed E-state index contributed by atoms with van der Waals surface area (Å²) in [6.07, 6.45) is 5.98. The number of aliphatic carboxylic acids is 1. The Balaban J connectivity index is 2.03. The molecule has 0 aromatic carbocycles. The molecule has 0 spiro atoms. The number of carbonyl (C=O) groups excluding carboxylic acids is 1. The van der Waals surface area contributed by atoms with Gasteiger partial charge in [0.1, 0.15) is 0 Å². The third-order valence-corrected chi connectivity index (χ3v) is 3.25. The Morgan fingerprint density at radius 3 is 2.72 bits per heavy atom. The predicted molar refractivity (Wildman–Crippen MR) is 62.9 cm³/mol. The number of nitrogens with zero attached hydrogens (tertiary/aromatic N) is 2. The first-order valence-corrected chi connectivity index (χ1v) is 5.99. The second kappa shape index (κ2) is 5.57. The number of carbonyl (C=O) groups is 2. The number of carboxylic acid groups (broad SMARTS) is 1. The van der Waals surface area contributed by atoms with Gasteiger partial charge in [0.05, 0.1) is 23.9 Å². The Labute approximate surface area is 104 Å². The molecule has 1 heterocycles. The highest BCUT2D eigenvalue weighted by Gasteiger charge is 2.31. The van der Waals surface area contributed by atoms with Crippen molar-refractivity contribution < 1.29 is 14.7 Å². The molecule has 6 nitrogen and oxygen atoms in total. The van der Waals surface area contributed by atoms with Crippen LogP contribution in [-0.4, -0.2) is 33.2 Å². The van der Waals surface area contributed by atoms with Gasteiger partial charge in [0.25, 0.3) is 5.91 Å². The molecule has 18 heavy (non-hydrogen) atoms. The quantitative estimate of drug-likeness (QED) is 0.828. The lowest BCUT2D eigenvalue weighted by Crippen LogP contribution is -2.45. The summed E-state index contributed by atoms with van der Waals surface area (Å²) >= 11 is 0. The molecule has 1 aliphatic rings. The van der Waals surface area contributed by atoms with E-state index in [0.717, 1.165) is 12.8 Å². The molecular formula is C12H15N3O3. The number of aromatic nitrogens is 2. The van der Waals surface area contributed by atoms with Gasteiger partial charge in [-0.3, -0.25) is 9.59 Å². The molecule has 2 rings (SSSR count). The van der Waals surface area contributed by atoms with Crippen LogP contribution in [0, 0.1) is 5.92 Å². The summed E-state index contributed by atoms with van der Waals surface area (Å²) in [7, 11) is 0. The van der Waals surface area contributed by atoms with Gasteiger partial charge >= 0.3 is 5.97 Å². The third-order valence-electron chi connectivity index (χ3n) is 3.25. The van der Waals surface area contributed by atoms with E-state index in [1.165, 1.54) is 12.4 Å². The van der Waals surface area contributed by atoms with Gasteiger partial charge in [-0.25, -0.2) is 0 Å². The Bertz CT molecular complexity index is 435. The fourth-order valence-electron chi connectivity index (χ4n) is 2.28. The van der Waals surface area contributed by atoms with Crippen LogP contribution in [0.3, 0.4) is 0 Å². The van der Waals surface area contributed by atoms with Gasteiger partial charge in [-0.15, -0.1) is 0 Å². The summed E-state index contributed by atoms with van der Waals surface area (Å²) in [5, 5.41) is 19.1. The van der Waals surface area contributed by atoms with Crippen LogP contribution in [-0.2, 0) is 4.79 Å². The van der Waals surface area contributed by atoms with Crippen LogP contribution in [0.1, 0.15) is 36.0 Å². The zero-order valence-corrected chi connectivity index (χ0v) is 9.87. The minimum Gasteiger partial charge on any atom is -0.481 e. The monoisotopic (exact) mass is 249 g/mol. The molecule has 0 aliphatic heterocycles. The van der Waals surface area contributed by atoms with Crippen molar-refractivity contribution in [3.63, 3.8) is 0 Å². The number of carboxylic acids is 1. The molecule has 1 amide bonds. The molecule has 1 saturated carbocycles. The van der Waals surface area contributed by atoms with Crippen LogP contribution >= 0.6 is 0 Å². The van der Waals surface area contributed by atoms with E-state index in [1.54, 1.807) is 6.07 Å². The molecule has 0 saturated heterocycles. The first kappa shape index (κ1) is 12.5. The Hall–Kier alpha value is -1.98. The summed E-state index contributed by atoms with van der Waals surface area (Å²) < 4.78 is 0. The van der Waals surface area contributed by atoms with E-state index in [9.17, 15) is 9.59 Å². The standard InChI is InChI=1S/C12H15N3O3/c16-11(8-5-6-13-14-7-8)15-10-4-2-1-3-9(10)12(17)18/h5-7,9-10H,1-4H2,(H,15,16)(H,17,18). The lowest BCUT2D eigenvalue weighted by atomic mass is 9.84. The molecule has 2 unspecified atom stereocenters. The number of rotatable bonds is 3. The molecule has 0 radical (unpaired) electrons. The average molecular weight is 249 g/mol. The number of amides is 1.